The molecule has 2 aliphatic rings. The van der Waals surface area contributed by atoms with Crippen LogP contribution >= 0.6 is 23.2 Å². The molecule has 0 aliphatic carbocycles. The first-order valence-electron chi connectivity index (χ1n) is 11.6. The van der Waals surface area contributed by atoms with Gasteiger partial charge in [-0.25, -0.2) is 30.2 Å². The molecule has 0 atom stereocenters. The zero-order valence-electron chi connectivity index (χ0n) is 20.1. The Labute approximate surface area is 227 Å². The Morgan fingerprint density at radius 1 is 0.737 bits per heavy atom. The van der Waals surface area contributed by atoms with Crippen LogP contribution in [0.5, 0.6) is 0 Å². The lowest BCUT2D eigenvalue weighted by Gasteiger charge is -2.20. The van der Waals surface area contributed by atoms with E-state index in [1.807, 2.05) is 34.1 Å². The van der Waals surface area contributed by atoms with Crippen molar-refractivity contribution >= 4 is 35.1 Å². The summed E-state index contributed by atoms with van der Waals surface area (Å²) in [7, 11) is 0. The fourth-order valence-corrected chi connectivity index (χ4v) is 4.40. The molecule has 4 heterocycles. The van der Waals surface area contributed by atoms with Crippen LogP contribution in [0.15, 0.2) is 59.0 Å². The molecule has 0 saturated carbocycles. The number of rotatable bonds is 10. The summed E-state index contributed by atoms with van der Waals surface area (Å²) < 4.78 is 0. The number of hydrogen-bond acceptors (Lipinski definition) is 6. The van der Waals surface area contributed by atoms with Crippen molar-refractivity contribution in [2.24, 2.45) is 10.2 Å². The highest BCUT2D eigenvalue weighted by Crippen LogP contribution is 2.17. The summed E-state index contributed by atoms with van der Waals surface area (Å²) in [6, 6.07) is 6.96. The van der Waals surface area contributed by atoms with Gasteiger partial charge in [-0.2, -0.15) is 0 Å². The van der Waals surface area contributed by atoms with Gasteiger partial charge in [0.15, 0.2) is 10.1 Å². The van der Waals surface area contributed by atoms with Crippen LogP contribution in [0.1, 0.15) is 11.1 Å². The van der Waals surface area contributed by atoms with Crippen molar-refractivity contribution in [1.29, 1.82) is 0 Å². The van der Waals surface area contributed by atoms with Crippen LogP contribution in [0.2, 0.25) is 10.3 Å². The summed E-state index contributed by atoms with van der Waals surface area (Å²) in [5, 5.41) is 28.9. The molecule has 0 aromatic carbocycles. The molecule has 2 aromatic heterocycles. The Kier molecular flexibility index (Phi) is 8.86. The van der Waals surface area contributed by atoms with Crippen molar-refractivity contribution in [3.63, 3.8) is 0 Å². The van der Waals surface area contributed by atoms with Gasteiger partial charge in [-0.15, -0.1) is 0 Å². The number of aromatic nitrogens is 2. The average molecular weight is 563 g/mol. The molecule has 2 saturated heterocycles. The smallest absolute Gasteiger partial charge is 0.274 e. The lowest BCUT2D eigenvalue weighted by molar-refractivity contribution is -0.486. The minimum atomic E-state index is -0.708. The molecule has 38 heavy (non-hydrogen) atoms. The number of hydrogen-bond donors (Lipinski definition) is 0. The van der Waals surface area contributed by atoms with Gasteiger partial charge in [0, 0.05) is 64.8 Å². The summed E-state index contributed by atoms with van der Waals surface area (Å²) in [6.45, 7) is 3.81. The first-order valence-corrected chi connectivity index (χ1v) is 12.4. The van der Waals surface area contributed by atoms with E-state index in [2.05, 4.69) is 20.2 Å². The molecule has 2 aromatic rings. The largest absolute Gasteiger partial charge is 0.332 e. The molecule has 0 N–H and O–H groups in total. The maximum Gasteiger partial charge on any atom is 0.274 e. The van der Waals surface area contributed by atoms with E-state index in [1.54, 1.807) is 34.3 Å². The standard InChI is InChI=1S/C22H24Cl2N10O4/c23-19-5-3-17(13-25-19)15-31-11-9-29(21(31)27-33(35)36)7-1-2-8-30-10-12-32(22(30)28-34(37)38)16-18-4-6-20(24)26-14-18/h1-6,13-14H,7-12,15-16H2/b2-1+,27-21+,28-22+. The number of halogens is 2. The fourth-order valence-electron chi connectivity index (χ4n) is 4.17. The van der Waals surface area contributed by atoms with Gasteiger partial charge in [0.2, 0.25) is 0 Å². The van der Waals surface area contributed by atoms with E-state index < -0.39 is 10.1 Å². The topological polar surface area (TPSA) is 150 Å². The van der Waals surface area contributed by atoms with Gasteiger partial charge in [-0.1, -0.05) is 47.5 Å². The van der Waals surface area contributed by atoms with E-state index in [4.69, 9.17) is 23.2 Å². The Bertz CT molecular complexity index is 1140. The minimum Gasteiger partial charge on any atom is -0.332 e. The van der Waals surface area contributed by atoms with Crippen LogP contribution in [0.25, 0.3) is 0 Å². The molecular formula is C22H24Cl2N10O4. The van der Waals surface area contributed by atoms with Crippen molar-refractivity contribution in [1.82, 2.24) is 29.6 Å². The predicted octanol–water partition coefficient (Wildman–Crippen LogP) is 2.37. The van der Waals surface area contributed by atoms with Crippen LogP contribution in [0, 0.1) is 20.2 Å². The third kappa shape index (κ3) is 7.26. The third-order valence-corrected chi connectivity index (χ3v) is 6.34. The van der Waals surface area contributed by atoms with Gasteiger partial charge in [-0.3, -0.25) is 0 Å². The van der Waals surface area contributed by atoms with E-state index in [9.17, 15) is 20.2 Å². The quantitative estimate of drug-likeness (QED) is 0.182. The monoisotopic (exact) mass is 562 g/mol. The summed E-state index contributed by atoms with van der Waals surface area (Å²) in [4.78, 5) is 37.7. The van der Waals surface area contributed by atoms with Crippen LogP contribution in [0.4, 0.5) is 0 Å². The molecule has 2 aliphatic heterocycles. The SMILES string of the molecule is O=[N+]([O-])/N=C1\N(C/C=C/CN2CCN(Cc3ccc(Cl)nc3)/C2=N/[N+](=O)[O-])CCN1Cc1ccc(Cl)nc1. The van der Waals surface area contributed by atoms with E-state index in [0.29, 0.717) is 62.7 Å². The second kappa shape index (κ2) is 12.5. The molecule has 0 radical (unpaired) electrons. The van der Waals surface area contributed by atoms with Crippen LogP contribution < -0.4 is 0 Å². The molecule has 16 heteroatoms. The van der Waals surface area contributed by atoms with Gasteiger partial charge in [0.25, 0.3) is 11.9 Å². The second-order valence-corrected chi connectivity index (χ2v) is 9.24. The normalized spacial score (nSPS) is 17.9. The third-order valence-electron chi connectivity index (χ3n) is 5.90. The highest BCUT2D eigenvalue weighted by Gasteiger charge is 2.30. The number of nitro groups is 2. The van der Waals surface area contributed by atoms with Crippen molar-refractivity contribution in [3.8, 4) is 0 Å². The Hall–Kier alpha value is -4.04. The highest BCUT2D eigenvalue weighted by atomic mass is 35.5. The summed E-state index contributed by atoms with van der Waals surface area (Å²) in [5.74, 6) is 0.517. The Morgan fingerprint density at radius 3 is 1.47 bits per heavy atom. The maximum absolute atomic E-state index is 11.2. The van der Waals surface area contributed by atoms with Crippen LogP contribution in [0.3, 0.4) is 0 Å². The lowest BCUT2D eigenvalue weighted by Crippen LogP contribution is -2.35. The van der Waals surface area contributed by atoms with Gasteiger partial charge in [-0.05, 0) is 23.3 Å². The van der Waals surface area contributed by atoms with E-state index in [0.717, 1.165) is 11.1 Å². The first kappa shape index (κ1) is 27.0. The molecule has 0 amide bonds. The summed E-state index contributed by atoms with van der Waals surface area (Å²) in [6.07, 6.45) is 6.97. The zero-order chi connectivity index (χ0) is 27.1. The summed E-state index contributed by atoms with van der Waals surface area (Å²) >= 11 is 11.7. The van der Waals surface area contributed by atoms with E-state index in [-0.39, 0.29) is 11.9 Å². The molecule has 0 spiro atoms. The van der Waals surface area contributed by atoms with E-state index >= 15 is 0 Å². The van der Waals surface area contributed by atoms with Crippen molar-refractivity contribution in [2.75, 3.05) is 39.3 Å². The Balaban J connectivity index is 1.36. The van der Waals surface area contributed by atoms with Gasteiger partial charge in [0.1, 0.15) is 20.5 Å². The molecular weight excluding hydrogens is 539 g/mol. The first-order chi connectivity index (χ1) is 18.3. The van der Waals surface area contributed by atoms with E-state index in [1.165, 1.54) is 0 Å². The van der Waals surface area contributed by atoms with Crippen LogP contribution in [-0.4, -0.2) is 90.8 Å². The van der Waals surface area contributed by atoms with Crippen LogP contribution in [-0.2, 0) is 13.1 Å². The minimum absolute atomic E-state index is 0.258. The molecule has 0 bridgehead atoms. The number of nitrogens with zero attached hydrogens (tertiary/aromatic N) is 10. The van der Waals surface area contributed by atoms with Crippen molar-refractivity contribution in [2.45, 2.75) is 13.1 Å². The maximum atomic E-state index is 11.2. The molecule has 200 valence electrons. The molecule has 2 fully saturated rings. The van der Waals surface area contributed by atoms with Gasteiger partial charge in [0.05, 0.1) is 0 Å². The second-order valence-electron chi connectivity index (χ2n) is 8.46. The number of guanidine groups is 2. The number of pyridine rings is 2. The lowest BCUT2D eigenvalue weighted by atomic mass is 10.3. The number of hydrazone groups is 2. The highest BCUT2D eigenvalue weighted by molar-refractivity contribution is 6.29. The van der Waals surface area contributed by atoms with Gasteiger partial charge >= 0.3 is 0 Å². The Morgan fingerprint density at radius 2 is 1.13 bits per heavy atom. The van der Waals surface area contributed by atoms with Crippen molar-refractivity contribution < 1.29 is 10.1 Å². The predicted molar refractivity (Wildman–Crippen MR) is 140 cm³/mol. The summed E-state index contributed by atoms with van der Waals surface area (Å²) in [5.41, 5.74) is 1.71. The molecule has 14 nitrogen and oxygen atoms in total. The zero-order valence-corrected chi connectivity index (χ0v) is 21.6. The van der Waals surface area contributed by atoms with Crippen molar-refractivity contribution in [3.05, 3.63) is 90.5 Å². The van der Waals surface area contributed by atoms with Gasteiger partial charge < -0.3 is 19.6 Å². The fraction of sp³-hybridized carbons (Fsp3) is 0.364. The average Bonchev–Trinajstić information content (AvgIpc) is 3.42. The molecule has 0 unspecified atom stereocenters. The molecule has 4 rings (SSSR count).